The average molecular weight is 441 g/mol. The van der Waals surface area contributed by atoms with E-state index in [1.165, 1.54) is 36.8 Å². The lowest BCUT2D eigenvalue weighted by atomic mass is 10.1. The van der Waals surface area contributed by atoms with Crippen LogP contribution in [0, 0.1) is 5.82 Å². The first-order chi connectivity index (χ1) is 14.0. The Morgan fingerprint density at radius 3 is 2.23 bits per heavy atom. The van der Waals surface area contributed by atoms with Crippen molar-refractivity contribution in [1.82, 2.24) is 19.7 Å². The Morgan fingerprint density at radius 1 is 1.03 bits per heavy atom. The van der Waals surface area contributed by atoms with Crippen LogP contribution in [0.4, 0.5) is 23.5 Å². The highest BCUT2D eigenvalue weighted by atomic mass is 32.2. The lowest BCUT2D eigenvalue weighted by Gasteiger charge is -2.18. The van der Waals surface area contributed by atoms with Crippen LogP contribution in [-0.2, 0) is 10.0 Å². The zero-order chi connectivity index (χ0) is 22.1. The molecule has 0 aliphatic heterocycles. The molecule has 0 aliphatic rings. The minimum absolute atomic E-state index is 0.00417. The molecule has 3 rings (SSSR count). The van der Waals surface area contributed by atoms with Gasteiger partial charge in [-0.2, -0.15) is 17.9 Å². The third-order valence-corrected chi connectivity index (χ3v) is 5.70. The van der Waals surface area contributed by atoms with Crippen molar-refractivity contribution in [1.29, 1.82) is 0 Å². The van der Waals surface area contributed by atoms with Crippen molar-refractivity contribution < 1.29 is 26.0 Å². The Bertz CT molecular complexity index is 1170. The maximum atomic E-state index is 14.7. The van der Waals surface area contributed by atoms with E-state index in [-0.39, 0.29) is 28.3 Å². The molecule has 12 heteroatoms. The fourth-order valence-electron chi connectivity index (χ4n) is 2.56. The van der Waals surface area contributed by atoms with Gasteiger partial charge in [0.25, 0.3) is 0 Å². The summed E-state index contributed by atoms with van der Waals surface area (Å²) in [6.45, 7) is 0.685. The first kappa shape index (κ1) is 21.6. The molecule has 0 fully saturated rings. The van der Waals surface area contributed by atoms with Crippen molar-refractivity contribution in [3.8, 4) is 22.4 Å². The summed E-state index contributed by atoms with van der Waals surface area (Å²) in [5.41, 5.74) is 5.60. The van der Waals surface area contributed by atoms with Crippen molar-refractivity contribution in [3.63, 3.8) is 0 Å². The van der Waals surface area contributed by atoms with Crippen LogP contribution in [0.2, 0.25) is 0 Å². The first-order valence-electron chi connectivity index (χ1n) is 8.41. The van der Waals surface area contributed by atoms with Gasteiger partial charge in [0.05, 0.1) is 4.90 Å². The molecule has 0 amide bonds. The second kappa shape index (κ2) is 7.95. The van der Waals surface area contributed by atoms with E-state index in [2.05, 4.69) is 15.0 Å². The molecule has 1 unspecified atom stereocenters. The predicted octanol–water partition coefficient (Wildman–Crippen LogP) is 3.16. The smallest absolute Gasteiger partial charge is 0.368 e. The number of pyridine rings is 1. The van der Waals surface area contributed by atoms with E-state index < -0.39 is 33.0 Å². The number of nitrogens with zero attached hydrogens (tertiary/aromatic N) is 3. The van der Waals surface area contributed by atoms with Gasteiger partial charge in [-0.1, -0.05) is 18.2 Å². The second-order valence-electron chi connectivity index (χ2n) is 6.27. The van der Waals surface area contributed by atoms with Gasteiger partial charge in [-0.25, -0.2) is 22.8 Å². The minimum Gasteiger partial charge on any atom is -0.368 e. The highest BCUT2D eigenvalue weighted by molar-refractivity contribution is 7.89. The molecule has 3 aromatic rings. The van der Waals surface area contributed by atoms with Crippen LogP contribution in [0.1, 0.15) is 6.92 Å². The van der Waals surface area contributed by atoms with E-state index in [1.54, 1.807) is 4.72 Å². The molecule has 7 nitrogen and oxygen atoms in total. The molecule has 2 aromatic heterocycles. The number of nitrogens with two attached hydrogens (primary N) is 1. The van der Waals surface area contributed by atoms with Crippen molar-refractivity contribution in [2.75, 3.05) is 5.73 Å². The Labute approximate surface area is 169 Å². The summed E-state index contributed by atoms with van der Waals surface area (Å²) in [6, 6.07) is 4.01. The van der Waals surface area contributed by atoms with Gasteiger partial charge in [-0.3, -0.25) is 4.98 Å². The molecule has 3 N–H and O–H groups in total. The molecular formula is C18H15F4N5O2S. The summed E-state index contributed by atoms with van der Waals surface area (Å²) in [4.78, 5) is 11.1. The minimum atomic E-state index is -4.77. The Kier molecular flexibility index (Phi) is 5.72. The molecular weight excluding hydrogens is 426 g/mol. The van der Waals surface area contributed by atoms with Crippen molar-refractivity contribution >= 4 is 16.0 Å². The third-order valence-electron chi connectivity index (χ3n) is 4.10. The number of hydrogen-bond acceptors (Lipinski definition) is 6. The van der Waals surface area contributed by atoms with E-state index in [0.717, 1.165) is 12.1 Å². The molecule has 0 radical (unpaired) electrons. The van der Waals surface area contributed by atoms with E-state index >= 15 is 0 Å². The van der Waals surface area contributed by atoms with Crippen molar-refractivity contribution in [3.05, 3.63) is 54.7 Å². The van der Waals surface area contributed by atoms with Crippen LogP contribution in [0.15, 0.2) is 53.8 Å². The largest absolute Gasteiger partial charge is 0.404 e. The number of benzene rings is 1. The van der Waals surface area contributed by atoms with Crippen LogP contribution in [0.25, 0.3) is 22.4 Å². The van der Waals surface area contributed by atoms with E-state index in [4.69, 9.17) is 5.73 Å². The second-order valence-corrected chi connectivity index (χ2v) is 7.95. The normalized spacial score (nSPS) is 13.2. The SMILES string of the molecule is CC(NS(=O)(=O)c1ccccc1-c1cnc(-c2cnc(N)nc2)c(F)c1)C(F)(F)F. The number of alkyl halides is 3. The molecule has 30 heavy (non-hydrogen) atoms. The van der Waals surface area contributed by atoms with Crippen LogP contribution in [0.3, 0.4) is 0 Å². The Morgan fingerprint density at radius 2 is 1.63 bits per heavy atom. The lowest BCUT2D eigenvalue weighted by molar-refractivity contribution is -0.147. The number of rotatable bonds is 5. The fraction of sp³-hybridized carbons (Fsp3) is 0.167. The van der Waals surface area contributed by atoms with Gasteiger partial charge >= 0.3 is 6.18 Å². The van der Waals surface area contributed by atoms with Gasteiger partial charge in [0, 0.05) is 35.3 Å². The maximum absolute atomic E-state index is 14.7. The summed E-state index contributed by atoms with van der Waals surface area (Å²) in [6.07, 6.45) is -1.02. The van der Waals surface area contributed by atoms with Gasteiger partial charge in [0.2, 0.25) is 16.0 Å². The highest BCUT2D eigenvalue weighted by Crippen LogP contribution is 2.31. The van der Waals surface area contributed by atoms with Crippen LogP contribution >= 0.6 is 0 Å². The van der Waals surface area contributed by atoms with Gasteiger partial charge in [0.1, 0.15) is 17.6 Å². The molecule has 2 heterocycles. The van der Waals surface area contributed by atoms with Gasteiger partial charge < -0.3 is 5.73 Å². The number of aromatic nitrogens is 3. The standard InChI is InChI=1S/C18H15F4N5O2S/c1-10(18(20,21)22)27-30(28,29)15-5-3-2-4-13(15)11-6-14(19)16(24-7-11)12-8-25-17(23)26-9-12/h2-10,27H,1H3,(H2,23,25,26). The van der Waals surface area contributed by atoms with E-state index in [0.29, 0.717) is 6.92 Å². The van der Waals surface area contributed by atoms with Gasteiger partial charge in [0.15, 0.2) is 0 Å². The van der Waals surface area contributed by atoms with Crippen LogP contribution in [0.5, 0.6) is 0 Å². The number of anilines is 1. The number of halogens is 4. The molecule has 0 aliphatic carbocycles. The predicted molar refractivity (Wildman–Crippen MR) is 101 cm³/mol. The monoisotopic (exact) mass is 441 g/mol. The fourth-order valence-corrected chi connectivity index (χ4v) is 4.02. The molecule has 0 saturated carbocycles. The Hall–Kier alpha value is -3.12. The van der Waals surface area contributed by atoms with Crippen LogP contribution in [-0.4, -0.2) is 35.6 Å². The summed E-state index contributed by atoms with van der Waals surface area (Å²) in [5, 5.41) is 0. The summed E-state index contributed by atoms with van der Waals surface area (Å²) in [7, 11) is -4.56. The summed E-state index contributed by atoms with van der Waals surface area (Å²) < 4.78 is 79.7. The molecule has 0 saturated heterocycles. The summed E-state index contributed by atoms with van der Waals surface area (Å²) >= 11 is 0. The zero-order valence-electron chi connectivity index (χ0n) is 15.4. The lowest BCUT2D eigenvalue weighted by Crippen LogP contribution is -2.43. The number of hydrogen-bond donors (Lipinski definition) is 2. The van der Waals surface area contributed by atoms with Gasteiger partial charge in [-0.15, -0.1) is 0 Å². The number of nitrogen functional groups attached to an aromatic ring is 1. The number of nitrogens with one attached hydrogen (secondary N) is 1. The molecule has 1 atom stereocenters. The highest BCUT2D eigenvalue weighted by Gasteiger charge is 2.39. The van der Waals surface area contributed by atoms with Crippen LogP contribution < -0.4 is 10.5 Å². The average Bonchev–Trinajstić information content (AvgIpc) is 2.68. The Balaban J connectivity index is 2.02. The summed E-state index contributed by atoms with van der Waals surface area (Å²) in [5.74, 6) is -0.805. The van der Waals surface area contributed by atoms with Crippen molar-refractivity contribution in [2.24, 2.45) is 0 Å². The molecule has 0 spiro atoms. The first-order valence-corrected chi connectivity index (χ1v) is 9.89. The maximum Gasteiger partial charge on any atom is 0.404 e. The van der Waals surface area contributed by atoms with Gasteiger partial charge in [-0.05, 0) is 19.1 Å². The quantitative estimate of drug-likeness (QED) is 0.589. The molecule has 0 bridgehead atoms. The number of sulfonamides is 1. The van der Waals surface area contributed by atoms with Crippen molar-refractivity contribution in [2.45, 2.75) is 24.0 Å². The molecule has 1 aromatic carbocycles. The third kappa shape index (κ3) is 4.54. The molecule has 158 valence electrons. The van der Waals surface area contributed by atoms with E-state index in [1.807, 2.05) is 0 Å². The zero-order valence-corrected chi connectivity index (χ0v) is 16.2. The van der Waals surface area contributed by atoms with E-state index in [9.17, 15) is 26.0 Å². The topological polar surface area (TPSA) is 111 Å².